The Morgan fingerprint density at radius 2 is 1.94 bits per heavy atom. The predicted octanol–water partition coefficient (Wildman–Crippen LogP) is 5.36. The molecule has 2 aromatic heterocycles. The van der Waals surface area contributed by atoms with Gasteiger partial charge in [-0.2, -0.15) is 5.26 Å². The van der Waals surface area contributed by atoms with Crippen molar-refractivity contribution in [3.05, 3.63) is 74.5 Å². The van der Waals surface area contributed by atoms with Crippen LogP contribution in [0.15, 0.2) is 41.3 Å². The molecule has 0 bridgehead atoms. The van der Waals surface area contributed by atoms with Gasteiger partial charge in [-0.3, -0.25) is 4.79 Å². The van der Waals surface area contributed by atoms with E-state index in [1.54, 1.807) is 11.5 Å². The number of thiazole rings is 1. The number of carbonyl (C=O) groups is 2. The first-order valence-electron chi connectivity index (χ1n) is 11.4. The summed E-state index contributed by atoms with van der Waals surface area (Å²) in [5.74, 6) is -0.391. The van der Waals surface area contributed by atoms with Crippen LogP contribution >= 0.6 is 11.3 Å². The molecule has 3 rings (SSSR count). The number of nitrogens with zero attached hydrogens (tertiary/aromatic N) is 3. The van der Waals surface area contributed by atoms with Crippen LogP contribution in [0.25, 0.3) is 6.08 Å². The summed E-state index contributed by atoms with van der Waals surface area (Å²) in [6, 6.07) is 11.5. The van der Waals surface area contributed by atoms with E-state index in [1.165, 1.54) is 11.3 Å². The Hall–Kier alpha value is -3.70. The molecule has 0 aliphatic rings. The number of carbonyl (C=O) groups excluding carboxylic acids is 2. The van der Waals surface area contributed by atoms with Crippen molar-refractivity contribution >= 4 is 35.0 Å². The van der Waals surface area contributed by atoms with Gasteiger partial charge in [0, 0.05) is 29.0 Å². The first kappa shape index (κ1) is 25.9. The topological polar surface area (TPSA) is 97.0 Å². The number of hydrogen-bond acceptors (Lipinski definition) is 6. The molecule has 7 nitrogen and oxygen atoms in total. The van der Waals surface area contributed by atoms with Gasteiger partial charge in [0.15, 0.2) is 0 Å². The van der Waals surface area contributed by atoms with Gasteiger partial charge in [0.1, 0.15) is 23.3 Å². The van der Waals surface area contributed by atoms with Crippen molar-refractivity contribution in [1.29, 1.82) is 5.26 Å². The fourth-order valence-corrected chi connectivity index (χ4v) is 4.38. The molecule has 0 atom stereocenters. The highest BCUT2D eigenvalue weighted by atomic mass is 32.1. The van der Waals surface area contributed by atoms with Crippen LogP contribution in [-0.2, 0) is 33.9 Å². The summed E-state index contributed by atoms with van der Waals surface area (Å²) in [6.07, 6.45) is 1.70. The second-order valence-electron chi connectivity index (χ2n) is 8.90. The summed E-state index contributed by atoms with van der Waals surface area (Å²) in [6.45, 7) is 11.1. The fourth-order valence-electron chi connectivity index (χ4n) is 3.61. The third-order valence-corrected chi connectivity index (χ3v) is 6.30. The molecule has 35 heavy (non-hydrogen) atoms. The number of ether oxygens (including phenoxy) is 1. The zero-order valence-corrected chi connectivity index (χ0v) is 21.5. The first-order chi connectivity index (χ1) is 16.7. The molecule has 0 saturated heterocycles. The van der Waals surface area contributed by atoms with E-state index in [1.807, 2.05) is 57.2 Å². The number of nitriles is 1. The van der Waals surface area contributed by atoms with Gasteiger partial charge in [0.2, 0.25) is 5.91 Å². The molecule has 0 fully saturated rings. The highest BCUT2D eigenvalue weighted by Crippen LogP contribution is 2.20. The van der Waals surface area contributed by atoms with Gasteiger partial charge < -0.3 is 14.6 Å². The number of hydrogen-bond donors (Lipinski definition) is 1. The molecule has 182 valence electrons. The standard InChI is InChI=1S/C27H30N4O3S/c1-17(2)14-31-19(4)10-21(20(31)5)11-22(13-28)27(33)34-15-24-16-35-26(30-24)12-25(32)29-23-8-6-18(3)7-9-23/h6-11,16-17H,12,14-15H2,1-5H3,(H,29,32)/b22-11+. The summed E-state index contributed by atoms with van der Waals surface area (Å²) < 4.78 is 7.51. The lowest BCUT2D eigenvalue weighted by Crippen LogP contribution is -2.14. The highest BCUT2D eigenvalue weighted by molar-refractivity contribution is 7.09. The van der Waals surface area contributed by atoms with Crippen molar-refractivity contribution in [3.8, 4) is 6.07 Å². The van der Waals surface area contributed by atoms with Crippen molar-refractivity contribution in [1.82, 2.24) is 9.55 Å². The first-order valence-corrected chi connectivity index (χ1v) is 12.3. The monoisotopic (exact) mass is 490 g/mol. The molecule has 0 unspecified atom stereocenters. The Labute approximate surface area is 210 Å². The molecule has 0 aliphatic heterocycles. The lowest BCUT2D eigenvalue weighted by Gasteiger charge is -2.12. The lowest BCUT2D eigenvalue weighted by molar-refractivity contribution is -0.139. The molecule has 0 saturated carbocycles. The normalized spacial score (nSPS) is 11.4. The number of esters is 1. The minimum absolute atomic E-state index is 0.0669. The van der Waals surface area contributed by atoms with Gasteiger partial charge in [0.25, 0.3) is 0 Å². The minimum Gasteiger partial charge on any atom is -0.455 e. The molecule has 0 aliphatic carbocycles. The van der Waals surface area contributed by atoms with Crippen LogP contribution in [0.2, 0.25) is 0 Å². The zero-order chi connectivity index (χ0) is 25.5. The molecular weight excluding hydrogens is 460 g/mol. The van der Waals surface area contributed by atoms with Gasteiger partial charge in [-0.15, -0.1) is 11.3 Å². The summed E-state index contributed by atoms with van der Waals surface area (Å²) in [7, 11) is 0. The molecule has 0 radical (unpaired) electrons. The number of amides is 1. The van der Waals surface area contributed by atoms with E-state index in [-0.39, 0.29) is 24.5 Å². The number of rotatable bonds is 9. The molecule has 3 aromatic rings. The van der Waals surface area contributed by atoms with E-state index in [0.29, 0.717) is 16.6 Å². The van der Waals surface area contributed by atoms with Gasteiger partial charge in [0.05, 0.1) is 12.1 Å². The molecule has 1 N–H and O–H groups in total. The summed E-state index contributed by atoms with van der Waals surface area (Å²) >= 11 is 1.32. The minimum atomic E-state index is -0.701. The molecule has 8 heteroatoms. The Morgan fingerprint density at radius 3 is 2.60 bits per heavy atom. The molecule has 2 heterocycles. The van der Waals surface area contributed by atoms with Crippen LogP contribution in [0, 0.1) is 38.0 Å². The highest BCUT2D eigenvalue weighted by Gasteiger charge is 2.16. The van der Waals surface area contributed by atoms with Gasteiger partial charge in [-0.1, -0.05) is 31.5 Å². The van der Waals surface area contributed by atoms with Gasteiger partial charge in [-0.05, 0) is 56.5 Å². The quantitative estimate of drug-likeness (QED) is 0.247. The third kappa shape index (κ3) is 7.14. The predicted molar refractivity (Wildman–Crippen MR) is 138 cm³/mol. The number of benzene rings is 1. The van der Waals surface area contributed by atoms with Crippen LogP contribution in [0.4, 0.5) is 5.69 Å². The summed E-state index contributed by atoms with van der Waals surface area (Å²) in [4.78, 5) is 29.2. The largest absolute Gasteiger partial charge is 0.455 e. The van der Waals surface area contributed by atoms with Crippen LogP contribution in [0.3, 0.4) is 0 Å². The number of aromatic nitrogens is 2. The summed E-state index contributed by atoms with van der Waals surface area (Å²) in [5, 5.41) is 14.7. The van der Waals surface area contributed by atoms with E-state index in [4.69, 9.17) is 4.74 Å². The molecule has 1 amide bonds. The average molecular weight is 491 g/mol. The maximum atomic E-state index is 12.5. The Bertz CT molecular complexity index is 1280. The van der Waals surface area contributed by atoms with Crippen molar-refractivity contribution < 1.29 is 14.3 Å². The smallest absolute Gasteiger partial charge is 0.349 e. The maximum absolute atomic E-state index is 12.5. The summed E-state index contributed by atoms with van der Waals surface area (Å²) in [5.41, 5.74) is 5.22. The van der Waals surface area contributed by atoms with Crippen molar-refractivity contribution in [2.75, 3.05) is 5.32 Å². The van der Waals surface area contributed by atoms with E-state index < -0.39 is 5.97 Å². The van der Waals surface area contributed by atoms with Crippen molar-refractivity contribution in [3.63, 3.8) is 0 Å². The second-order valence-corrected chi connectivity index (χ2v) is 9.84. The van der Waals surface area contributed by atoms with Crippen LogP contribution in [-0.4, -0.2) is 21.4 Å². The van der Waals surface area contributed by atoms with Gasteiger partial charge >= 0.3 is 5.97 Å². The van der Waals surface area contributed by atoms with Crippen LogP contribution in [0.1, 0.15) is 47.1 Å². The number of nitrogens with one attached hydrogen (secondary N) is 1. The Morgan fingerprint density at radius 1 is 1.23 bits per heavy atom. The SMILES string of the molecule is Cc1ccc(NC(=O)Cc2nc(COC(=O)/C(C#N)=C/c3cc(C)n(CC(C)C)c3C)cs2)cc1. The van der Waals surface area contributed by atoms with Crippen LogP contribution < -0.4 is 5.32 Å². The van der Waals surface area contributed by atoms with Crippen LogP contribution in [0.5, 0.6) is 0 Å². The van der Waals surface area contributed by atoms with E-state index in [9.17, 15) is 14.9 Å². The maximum Gasteiger partial charge on any atom is 0.349 e. The Balaban J connectivity index is 1.58. The molecule has 1 aromatic carbocycles. The molecule has 0 spiro atoms. The van der Waals surface area contributed by atoms with E-state index in [0.717, 1.165) is 34.7 Å². The molecular formula is C27H30N4O3S. The Kier molecular flexibility index (Phi) is 8.61. The third-order valence-electron chi connectivity index (χ3n) is 5.40. The number of aryl methyl sites for hydroxylation is 2. The second kappa shape index (κ2) is 11.6. The number of anilines is 1. The van der Waals surface area contributed by atoms with E-state index >= 15 is 0 Å². The van der Waals surface area contributed by atoms with Gasteiger partial charge in [-0.25, -0.2) is 9.78 Å². The zero-order valence-electron chi connectivity index (χ0n) is 20.7. The fraction of sp³-hybridized carbons (Fsp3) is 0.333. The van der Waals surface area contributed by atoms with E-state index in [2.05, 4.69) is 28.7 Å². The van der Waals surface area contributed by atoms with Crippen molar-refractivity contribution in [2.45, 2.75) is 54.2 Å². The van der Waals surface area contributed by atoms with Crippen molar-refractivity contribution in [2.24, 2.45) is 5.92 Å². The average Bonchev–Trinajstić information content (AvgIpc) is 3.36. The lowest BCUT2D eigenvalue weighted by atomic mass is 10.1.